The number of hydrogen-bond donors (Lipinski definition) is 1. The number of hydrazone groups is 1. The molecule has 0 spiro atoms. The molecule has 1 aliphatic heterocycles. The van der Waals surface area contributed by atoms with Crippen LogP contribution in [0.4, 0.5) is 5.69 Å². The zero-order valence-electron chi connectivity index (χ0n) is 17.3. The van der Waals surface area contributed by atoms with Crippen LogP contribution >= 0.6 is 34.8 Å². The van der Waals surface area contributed by atoms with Gasteiger partial charge in [0, 0.05) is 28.9 Å². The highest BCUT2D eigenvalue weighted by Crippen LogP contribution is 2.44. The van der Waals surface area contributed by atoms with Gasteiger partial charge in [0.15, 0.2) is 6.61 Å². The first-order chi connectivity index (χ1) is 14.1. The maximum Gasteiger partial charge on any atom is 0.277 e. The number of amides is 1. The first-order valence-electron chi connectivity index (χ1n) is 9.55. The number of carbonyl (C=O) groups is 1. The number of fused-ring (bicyclic) bond motifs is 1. The van der Waals surface area contributed by atoms with E-state index in [1.54, 1.807) is 24.4 Å². The summed E-state index contributed by atoms with van der Waals surface area (Å²) in [6.07, 6.45) is 2.58. The number of halogens is 3. The second kappa shape index (κ2) is 9.04. The highest BCUT2D eigenvalue weighted by Gasteiger charge is 2.34. The first kappa shape index (κ1) is 22.7. The van der Waals surface area contributed by atoms with Crippen molar-refractivity contribution in [2.24, 2.45) is 5.10 Å². The van der Waals surface area contributed by atoms with Gasteiger partial charge in [-0.3, -0.25) is 4.79 Å². The van der Waals surface area contributed by atoms with Crippen molar-refractivity contribution < 1.29 is 9.53 Å². The predicted molar refractivity (Wildman–Crippen MR) is 125 cm³/mol. The number of benzene rings is 2. The van der Waals surface area contributed by atoms with Crippen LogP contribution in [0.2, 0.25) is 15.1 Å². The second-order valence-corrected chi connectivity index (χ2v) is 9.32. The number of hydrogen-bond acceptors (Lipinski definition) is 4. The van der Waals surface area contributed by atoms with E-state index in [0.717, 1.165) is 17.7 Å². The molecule has 2 aromatic carbocycles. The summed E-state index contributed by atoms with van der Waals surface area (Å²) in [7, 11) is 2.09. The van der Waals surface area contributed by atoms with Gasteiger partial charge in [-0.1, -0.05) is 41.7 Å². The molecule has 1 heterocycles. The molecule has 5 nitrogen and oxygen atoms in total. The molecular formula is C22H24Cl3N3O2. The largest absolute Gasteiger partial charge is 0.482 e. The normalized spacial score (nSPS) is 17.7. The fourth-order valence-corrected chi connectivity index (χ4v) is 4.31. The van der Waals surface area contributed by atoms with Gasteiger partial charge in [-0.05, 0) is 62.1 Å². The summed E-state index contributed by atoms with van der Waals surface area (Å²) in [6.45, 7) is 6.44. The Balaban J connectivity index is 1.65. The lowest BCUT2D eigenvalue weighted by atomic mass is 9.80. The number of carbonyl (C=O) groups excluding carboxylic acids is 1. The maximum atomic E-state index is 12.0. The molecule has 1 amide bonds. The molecule has 1 atom stereocenters. The SMILES string of the molecule is CC1CC(C)(C)N(C)c2cc(Cl)c(/C=N\NC(=O)COc3ccc(Cl)cc3Cl)cc21. The van der Waals surface area contributed by atoms with E-state index in [9.17, 15) is 4.79 Å². The van der Waals surface area contributed by atoms with Gasteiger partial charge in [-0.25, -0.2) is 5.43 Å². The van der Waals surface area contributed by atoms with Crippen molar-refractivity contribution in [3.63, 3.8) is 0 Å². The average Bonchev–Trinajstić information content (AvgIpc) is 2.66. The quantitative estimate of drug-likeness (QED) is 0.439. The Labute approximate surface area is 191 Å². The van der Waals surface area contributed by atoms with Crippen LogP contribution < -0.4 is 15.1 Å². The minimum atomic E-state index is -0.416. The van der Waals surface area contributed by atoms with Crippen LogP contribution in [-0.4, -0.2) is 31.3 Å². The summed E-state index contributed by atoms with van der Waals surface area (Å²) in [5.74, 6) is 0.350. The van der Waals surface area contributed by atoms with Gasteiger partial charge in [0.25, 0.3) is 5.91 Å². The average molecular weight is 469 g/mol. The van der Waals surface area contributed by atoms with Gasteiger partial charge in [0.2, 0.25) is 0 Å². The van der Waals surface area contributed by atoms with Crippen molar-refractivity contribution in [1.82, 2.24) is 5.43 Å². The third-order valence-electron chi connectivity index (χ3n) is 5.40. The van der Waals surface area contributed by atoms with Gasteiger partial charge >= 0.3 is 0 Å². The van der Waals surface area contributed by atoms with E-state index in [0.29, 0.717) is 26.7 Å². The topological polar surface area (TPSA) is 53.9 Å². The maximum absolute atomic E-state index is 12.0. The molecular weight excluding hydrogens is 445 g/mol. The molecule has 0 aliphatic carbocycles. The van der Waals surface area contributed by atoms with Crippen molar-refractivity contribution in [2.45, 2.75) is 38.6 Å². The number of rotatable bonds is 5. The van der Waals surface area contributed by atoms with Crippen LogP contribution in [0.15, 0.2) is 35.4 Å². The van der Waals surface area contributed by atoms with Crippen molar-refractivity contribution >= 4 is 52.6 Å². The zero-order chi connectivity index (χ0) is 22.1. The molecule has 0 saturated carbocycles. The lowest BCUT2D eigenvalue weighted by molar-refractivity contribution is -0.123. The van der Waals surface area contributed by atoms with Crippen LogP contribution in [0.5, 0.6) is 5.75 Å². The molecule has 0 fully saturated rings. The number of nitrogens with one attached hydrogen (secondary N) is 1. The van der Waals surface area contributed by atoms with Crippen molar-refractivity contribution in [3.05, 3.63) is 56.5 Å². The fraction of sp³-hybridized carbons (Fsp3) is 0.364. The molecule has 0 bridgehead atoms. The standard InChI is InChI=1S/C22H24Cl3N3O2/c1-13-10-22(2,3)28(4)19-9-17(24)14(7-16(13)19)11-26-27-21(29)12-30-20-6-5-15(23)8-18(20)25/h5-9,11,13H,10,12H2,1-4H3,(H,27,29)/b26-11-. The Bertz CT molecular complexity index is 992. The third-order valence-corrected chi connectivity index (χ3v) is 6.26. The molecule has 3 rings (SSSR count). The van der Waals surface area contributed by atoms with Crippen molar-refractivity contribution in [3.8, 4) is 5.75 Å². The molecule has 0 aromatic heterocycles. The summed E-state index contributed by atoms with van der Waals surface area (Å²) >= 11 is 18.3. The molecule has 1 aliphatic rings. The molecule has 30 heavy (non-hydrogen) atoms. The van der Waals surface area contributed by atoms with Crippen LogP contribution in [0, 0.1) is 0 Å². The van der Waals surface area contributed by atoms with E-state index in [1.807, 2.05) is 12.1 Å². The smallest absolute Gasteiger partial charge is 0.277 e. The summed E-state index contributed by atoms with van der Waals surface area (Å²) in [4.78, 5) is 14.3. The molecule has 0 saturated heterocycles. The molecule has 8 heteroatoms. The number of nitrogens with zero attached hydrogens (tertiary/aromatic N) is 2. The zero-order valence-corrected chi connectivity index (χ0v) is 19.6. The molecule has 0 radical (unpaired) electrons. The van der Waals surface area contributed by atoms with E-state index in [-0.39, 0.29) is 12.1 Å². The lowest BCUT2D eigenvalue weighted by Gasteiger charge is -2.45. The minimum absolute atomic E-state index is 0.0618. The first-order valence-corrected chi connectivity index (χ1v) is 10.7. The third kappa shape index (κ3) is 5.02. The highest BCUT2D eigenvalue weighted by atomic mass is 35.5. The van der Waals surface area contributed by atoms with Gasteiger partial charge in [0.05, 0.1) is 16.3 Å². The van der Waals surface area contributed by atoms with E-state index in [2.05, 4.69) is 43.2 Å². The Morgan fingerprint density at radius 2 is 2.00 bits per heavy atom. The van der Waals surface area contributed by atoms with Gasteiger partial charge in [0.1, 0.15) is 5.75 Å². The Hall–Kier alpha value is -1.95. The second-order valence-electron chi connectivity index (χ2n) is 8.07. The van der Waals surface area contributed by atoms with Gasteiger partial charge < -0.3 is 9.64 Å². The Morgan fingerprint density at radius 1 is 1.27 bits per heavy atom. The van der Waals surface area contributed by atoms with E-state index < -0.39 is 5.91 Å². The molecule has 1 N–H and O–H groups in total. The molecule has 2 aromatic rings. The minimum Gasteiger partial charge on any atom is -0.482 e. The van der Waals surface area contributed by atoms with Crippen LogP contribution in [0.1, 0.15) is 44.2 Å². The Kier molecular flexibility index (Phi) is 6.85. The van der Waals surface area contributed by atoms with Crippen molar-refractivity contribution in [1.29, 1.82) is 0 Å². The van der Waals surface area contributed by atoms with Gasteiger partial charge in [-0.15, -0.1) is 0 Å². The van der Waals surface area contributed by atoms with E-state index in [4.69, 9.17) is 39.5 Å². The molecule has 160 valence electrons. The lowest BCUT2D eigenvalue weighted by Crippen LogP contribution is -2.45. The summed E-state index contributed by atoms with van der Waals surface area (Å²) in [5.41, 5.74) is 5.59. The predicted octanol–water partition coefficient (Wildman–Crippen LogP) is 5.90. The fourth-order valence-electron chi connectivity index (χ4n) is 3.65. The summed E-state index contributed by atoms with van der Waals surface area (Å²) in [5, 5.41) is 5.42. The number of ether oxygens (including phenoxy) is 1. The van der Waals surface area contributed by atoms with Crippen molar-refractivity contribution in [2.75, 3.05) is 18.6 Å². The summed E-state index contributed by atoms with van der Waals surface area (Å²) < 4.78 is 5.39. The van der Waals surface area contributed by atoms with Crippen LogP contribution in [0.25, 0.3) is 0 Å². The van der Waals surface area contributed by atoms with Crippen LogP contribution in [-0.2, 0) is 4.79 Å². The summed E-state index contributed by atoms with van der Waals surface area (Å²) in [6, 6.07) is 8.78. The highest BCUT2D eigenvalue weighted by molar-refractivity contribution is 6.35. The van der Waals surface area contributed by atoms with E-state index in [1.165, 1.54) is 5.56 Å². The molecule has 1 unspecified atom stereocenters. The number of anilines is 1. The Morgan fingerprint density at radius 3 is 2.70 bits per heavy atom. The van der Waals surface area contributed by atoms with Gasteiger partial charge in [-0.2, -0.15) is 5.10 Å². The monoisotopic (exact) mass is 467 g/mol. The van der Waals surface area contributed by atoms with E-state index >= 15 is 0 Å². The van der Waals surface area contributed by atoms with Crippen LogP contribution in [0.3, 0.4) is 0 Å².